The number of aromatic hydroxyl groups is 1. The molecule has 0 radical (unpaired) electrons. The van der Waals surface area contributed by atoms with Gasteiger partial charge in [-0.25, -0.2) is 4.79 Å². The van der Waals surface area contributed by atoms with E-state index in [9.17, 15) is 9.90 Å². The minimum atomic E-state index is -0.348. The van der Waals surface area contributed by atoms with Crippen LogP contribution >= 0.6 is 0 Å². The largest absolute Gasteiger partial charge is 0.508 e. The van der Waals surface area contributed by atoms with E-state index in [-0.39, 0.29) is 11.7 Å². The van der Waals surface area contributed by atoms with Crippen molar-refractivity contribution in [1.29, 1.82) is 0 Å². The number of benzene rings is 2. The zero-order valence-corrected chi connectivity index (χ0v) is 14.9. The van der Waals surface area contributed by atoms with Crippen LogP contribution in [-0.4, -0.2) is 29.0 Å². The number of methoxy groups -OCH3 is 1. The number of phenolic OH excluding ortho intramolecular Hbond substituents is 1. The standard InChI is InChI=1S/C21H20N2O3/c1-14-12-17(13-22-18-6-10-20(24)11-7-18)15(2)23(14)19-8-4-16(5-9-19)21(25)26-3/h4-13,24H,1-3H3. The predicted molar refractivity (Wildman–Crippen MR) is 102 cm³/mol. The minimum absolute atomic E-state index is 0.220. The van der Waals surface area contributed by atoms with Crippen molar-refractivity contribution in [2.45, 2.75) is 13.8 Å². The molecule has 0 aliphatic heterocycles. The highest BCUT2D eigenvalue weighted by Crippen LogP contribution is 2.22. The van der Waals surface area contributed by atoms with Crippen LogP contribution in [0.3, 0.4) is 0 Å². The third-order valence-corrected chi connectivity index (χ3v) is 4.22. The molecule has 1 N–H and O–H groups in total. The first-order valence-corrected chi connectivity index (χ1v) is 8.20. The number of carbonyl (C=O) groups excluding carboxylic acids is 1. The molecular formula is C21H20N2O3. The molecule has 0 saturated heterocycles. The second-order valence-corrected chi connectivity index (χ2v) is 5.97. The lowest BCUT2D eigenvalue weighted by Gasteiger charge is -2.10. The molecule has 132 valence electrons. The monoisotopic (exact) mass is 348 g/mol. The quantitative estimate of drug-likeness (QED) is 0.563. The number of esters is 1. The number of aryl methyl sites for hydroxylation is 1. The smallest absolute Gasteiger partial charge is 0.337 e. The van der Waals surface area contributed by atoms with E-state index < -0.39 is 0 Å². The summed E-state index contributed by atoms with van der Waals surface area (Å²) in [6.45, 7) is 4.05. The third-order valence-electron chi connectivity index (χ3n) is 4.22. The molecule has 0 atom stereocenters. The summed E-state index contributed by atoms with van der Waals surface area (Å²) in [6.07, 6.45) is 1.81. The molecule has 5 nitrogen and oxygen atoms in total. The average molecular weight is 348 g/mol. The van der Waals surface area contributed by atoms with Gasteiger partial charge in [0, 0.05) is 28.9 Å². The Hall–Kier alpha value is -3.34. The summed E-state index contributed by atoms with van der Waals surface area (Å²) in [5.74, 6) is -0.128. The number of ether oxygens (including phenoxy) is 1. The molecule has 0 saturated carbocycles. The van der Waals surface area contributed by atoms with Crippen molar-refractivity contribution < 1.29 is 14.6 Å². The fraction of sp³-hybridized carbons (Fsp3) is 0.143. The van der Waals surface area contributed by atoms with Crippen molar-refractivity contribution >= 4 is 17.9 Å². The lowest BCUT2D eigenvalue weighted by atomic mass is 10.2. The van der Waals surface area contributed by atoms with Crippen LogP contribution < -0.4 is 0 Å². The van der Waals surface area contributed by atoms with Crippen LogP contribution in [0, 0.1) is 13.8 Å². The summed E-state index contributed by atoms with van der Waals surface area (Å²) >= 11 is 0. The number of phenols is 1. The molecule has 5 heteroatoms. The number of carbonyl (C=O) groups is 1. The summed E-state index contributed by atoms with van der Waals surface area (Å²) < 4.78 is 6.85. The maximum Gasteiger partial charge on any atom is 0.337 e. The predicted octanol–water partition coefficient (Wildman–Crippen LogP) is 4.34. The van der Waals surface area contributed by atoms with Gasteiger partial charge in [0.25, 0.3) is 0 Å². The fourth-order valence-corrected chi connectivity index (χ4v) is 2.86. The lowest BCUT2D eigenvalue weighted by Crippen LogP contribution is -2.03. The third kappa shape index (κ3) is 3.52. The molecule has 0 aliphatic rings. The van der Waals surface area contributed by atoms with Crippen LogP contribution in [0.4, 0.5) is 5.69 Å². The normalized spacial score (nSPS) is 11.0. The number of nitrogens with zero attached hydrogens (tertiary/aromatic N) is 2. The van der Waals surface area contributed by atoms with Gasteiger partial charge in [-0.05, 0) is 68.4 Å². The Labute approximate surface area is 152 Å². The van der Waals surface area contributed by atoms with Gasteiger partial charge >= 0.3 is 5.97 Å². The van der Waals surface area contributed by atoms with Gasteiger partial charge in [0.15, 0.2) is 0 Å². The van der Waals surface area contributed by atoms with E-state index in [1.165, 1.54) is 7.11 Å². The van der Waals surface area contributed by atoms with Crippen molar-refractivity contribution in [3.05, 3.63) is 77.1 Å². The summed E-state index contributed by atoms with van der Waals surface area (Å²) in [4.78, 5) is 16.0. The van der Waals surface area contributed by atoms with Gasteiger partial charge in [0.05, 0.1) is 18.4 Å². The Bertz CT molecular complexity index is 952. The Morgan fingerprint density at radius 1 is 1.08 bits per heavy atom. The molecule has 0 bridgehead atoms. The molecule has 1 aromatic heterocycles. The van der Waals surface area contributed by atoms with E-state index in [2.05, 4.69) is 15.6 Å². The highest BCUT2D eigenvalue weighted by molar-refractivity contribution is 5.89. The highest BCUT2D eigenvalue weighted by atomic mass is 16.5. The number of rotatable bonds is 4. The van der Waals surface area contributed by atoms with Gasteiger partial charge in [-0.2, -0.15) is 0 Å². The molecule has 2 aromatic carbocycles. The van der Waals surface area contributed by atoms with Crippen LogP contribution in [0.5, 0.6) is 5.75 Å². The molecule has 26 heavy (non-hydrogen) atoms. The summed E-state index contributed by atoms with van der Waals surface area (Å²) in [6, 6.07) is 16.1. The molecule has 3 aromatic rings. The maximum atomic E-state index is 11.6. The number of hydrogen-bond acceptors (Lipinski definition) is 4. The molecular weight excluding hydrogens is 328 g/mol. The second-order valence-electron chi connectivity index (χ2n) is 5.97. The van der Waals surface area contributed by atoms with Crippen molar-refractivity contribution in [3.63, 3.8) is 0 Å². The van der Waals surface area contributed by atoms with Gasteiger partial charge < -0.3 is 14.4 Å². The number of aromatic nitrogens is 1. The van der Waals surface area contributed by atoms with Gasteiger partial charge in [-0.15, -0.1) is 0 Å². The number of hydrogen-bond donors (Lipinski definition) is 1. The SMILES string of the molecule is COC(=O)c1ccc(-n2c(C)cc(C=Nc3ccc(O)cc3)c2C)cc1. The van der Waals surface area contributed by atoms with Crippen molar-refractivity contribution in [2.75, 3.05) is 7.11 Å². The molecule has 3 rings (SSSR count). The van der Waals surface area contributed by atoms with Crippen LogP contribution in [0.2, 0.25) is 0 Å². The fourth-order valence-electron chi connectivity index (χ4n) is 2.86. The van der Waals surface area contributed by atoms with E-state index >= 15 is 0 Å². The van der Waals surface area contributed by atoms with Gasteiger partial charge in [0.1, 0.15) is 5.75 Å². The second kappa shape index (κ2) is 7.27. The lowest BCUT2D eigenvalue weighted by molar-refractivity contribution is 0.0600. The first-order valence-electron chi connectivity index (χ1n) is 8.20. The van der Waals surface area contributed by atoms with Crippen molar-refractivity contribution in [3.8, 4) is 11.4 Å². The molecule has 0 spiro atoms. The topological polar surface area (TPSA) is 63.8 Å². The Morgan fingerprint density at radius 2 is 1.73 bits per heavy atom. The molecule has 1 heterocycles. The molecule has 0 unspecified atom stereocenters. The Balaban J connectivity index is 1.90. The summed E-state index contributed by atoms with van der Waals surface area (Å²) in [5.41, 5.74) is 5.39. The summed E-state index contributed by atoms with van der Waals surface area (Å²) in [5, 5.41) is 9.34. The van der Waals surface area contributed by atoms with E-state index in [0.29, 0.717) is 5.56 Å². The molecule has 0 aliphatic carbocycles. The first kappa shape index (κ1) is 17.5. The van der Waals surface area contributed by atoms with Crippen LogP contribution in [0.1, 0.15) is 27.3 Å². The minimum Gasteiger partial charge on any atom is -0.508 e. The zero-order chi connectivity index (χ0) is 18.7. The zero-order valence-electron chi connectivity index (χ0n) is 14.9. The van der Waals surface area contributed by atoms with Crippen LogP contribution in [0.15, 0.2) is 59.6 Å². The van der Waals surface area contributed by atoms with E-state index in [0.717, 1.165) is 28.3 Å². The van der Waals surface area contributed by atoms with Crippen molar-refractivity contribution in [2.24, 2.45) is 4.99 Å². The van der Waals surface area contributed by atoms with E-state index in [1.54, 1.807) is 36.4 Å². The van der Waals surface area contributed by atoms with Crippen LogP contribution in [0.25, 0.3) is 5.69 Å². The van der Waals surface area contributed by atoms with Gasteiger partial charge in [-0.3, -0.25) is 4.99 Å². The highest BCUT2D eigenvalue weighted by Gasteiger charge is 2.11. The molecule has 0 fully saturated rings. The summed E-state index contributed by atoms with van der Waals surface area (Å²) in [7, 11) is 1.37. The molecule has 0 amide bonds. The van der Waals surface area contributed by atoms with E-state index in [4.69, 9.17) is 4.74 Å². The van der Waals surface area contributed by atoms with Crippen molar-refractivity contribution in [1.82, 2.24) is 4.57 Å². The van der Waals surface area contributed by atoms with Gasteiger partial charge in [0.2, 0.25) is 0 Å². The first-order chi connectivity index (χ1) is 12.5. The average Bonchev–Trinajstić information content (AvgIpc) is 2.94. The maximum absolute atomic E-state index is 11.6. The Morgan fingerprint density at radius 3 is 2.35 bits per heavy atom. The Kier molecular flexibility index (Phi) is 4.89. The number of aliphatic imine (C=N–C) groups is 1. The van der Waals surface area contributed by atoms with Gasteiger partial charge in [-0.1, -0.05) is 0 Å². The van der Waals surface area contributed by atoms with E-state index in [1.807, 2.05) is 32.2 Å². The van der Waals surface area contributed by atoms with Crippen LogP contribution in [-0.2, 0) is 4.74 Å².